The molecule has 0 unspecified atom stereocenters. The van der Waals surface area contributed by atoms with Crippen molar-refractivity contribution in [3.63, 3.8) is 0 Å². The van der Waals surface area contributed by atoms with Crippen LogP contribution in [0.1, 0.15) is 84.4 Å². The molecule has 2 aromatic rings. The molecule has 10 heteroatoms. The van der Waals surface area contributed by atoms with Gasteiger partial charge in [0.2, 0.25) is 17.5 Å². The van der Waals surface area contributed by atoms with E-state index in [1.165, 1.54) is 24.1 Å². The van der Waals surface area contributed by atoms with E-state index in [0.717, 1.165) is 76.1 Å². The number of ether oxygens (including phenoxy) is 1. The SMILES string of the molecule is CN1CCC[C@H]1COc1cc(N2CCNC3(CC3)C2)nc(C(=O)C2=C(N)[C@@]3(CCC2)CCCc2scc(C#N)c23)n1. The summed E-state index contributed by atoms with van der Waals surface area (Å²) in [6.07, 6.45) is 9.74. The Morgan fingerprint density at radius 2 is 2.05 bits per heavy atom. The van der Waals surface area contributed by atoms with Crippen molar-refractivity contribution in [1.82, 2.24) is 20.2 Å². The lowest BCUT2D eigenvalue weighted by Gasteiger charge is -2.42. The number of nitrogens with zero attached hydrogens (tertiary/aromatic N) is 5. The molecule has 5 aliphatic rings. The summed E-state index contributed by atoms with van der Waals surface area (Å²) in [6.45, 7) is 4.19. The predicted octanol–water partition coefficient (Wildman–Crippen LogP) is 3.68. The van der Waals surface area contributed by atoms with Gasteiger partial charge < -0.3 is 25.6 Å². The number of aryl methyl sites for hydroxylation is 1. The summed E-state index contributed by atoms with van der Waals surface area (Å²) in [5, 5.41) is 15.5. The number of nitrogens with one attached hydrogen (secondary N) is 1. The number of likely N-dealkylation sites (tertiary alicyclic amines) is 1. The van der Waals surface area contributed by atoms with E-state index in [1.54, 1.807) is 11.3 Å². The number of Topliss-reactive ketones (excluding diaryl/α,β-unsaturated/α-hetero) is 1. The van der Waals surface area contributed by atoms with Gasteiger partial charge in [-0.05, 0) is 83.4 Å². The number of nitrogens with two attached hydrogens (primary N) is 1. The molecule has 41 heavy (non-hydrogen) atoms. The van der Waals surface area contributed by atoms with Crippen LogP contribution in [0.5, 0.6) is 5.88 Å². The van der Waals surface area contributed by atoms with Crippen molar-refractivity contribution in [2.75, 3.05) is 44.7 Å². The number of fused-ring (bicyclic) bond motifs is 2. The lowest BCUT2D eigenvalue weighted by Crippen LogP contribution is -2.52. The average molecular weight is 574 g/mol. The Morgan fingerprint density at radius 3 is 2.80 bits per heavy atom. The Balaban J connectivity index is 1.25. The molecule has 216 valence electrons. The summed E-state index contributed by atoms with van der Waals surface area (Å²) in [7, 11) is 2.13. The van der Waals surface area contributed by atoms with Crippen LogP contribution in [0.15, 0.2) is 22.7 Å². The number of likely N-dealkylation sites (N-methyl/N-ethyl adjacent to an activating group) is 1. The molecule has 1 saturated carbocycles. The van der Waals surface area contributed by atoms with Crippen LogP contribution in [-0.4, -0.2) is 72.1 Å². The number of anilines is 1. The van der Waals surface area contributed by atoms with Crippen molar-refractivity contribution in [3.8, 4) is 11.9 Å². The van der Waals surface area contributed by atoms with E-state index >= 15 is 0 Å². The number of carbonyl (C=O) groups is 1. The number of aromatic nitrogens is 2. The molecule has 0 bridgehead atoms. The van der Waals surface area contributed by atoms with Crippen molar-refractivity contribution < 1.29 is 9.53 Å². The normalized spacial score (nSPS) is 27.2. The predicted molar refractivity (Wildman–Crippen MR) is 158 cm³/mol. The minimum atomic E-state index is -0.456. The fraction of sp³-hybridized carbons (Fsp3) is 0.613. The molecule has 2 spiro atoms. The molecule has 2 atom stereocenters. The number of ketones is 1. The fourth-order valence-corrected chi connectivity index (χ4v) is 8.76. The molecule has 3 N–H and O–H groups in total. The van der Waals surface area contributed by atoms with Gasteiger partial charge in [0, 0.05) is 64.2 Å². The highest BCUT2D eigenvalue weighted by atomic mass is 32.1. The van der Waals surface area contributed by atoms with Gasteiger partial charge in [-0.25, -0.2) is 4.98 Å². The van der Waals surface area contributed by atoms with Gasteiger partial charge >= 0.3 is 0 Å². The van der Waals surface area contributed by atoms with E-state index in [0.29, 0.717) is 41.8 Å². The Bertz CT molecular complexity index is 1440. The van der Waals surface area contributed by atoms with Gasteiger partial charge in [0.1, 0.15) is 18.5 Å². The largest absolute Gasteiger partial charge is 0.476 e. The standard InChI is InChI=1S/C31H39N7O2S/c1-37-13-4-5-21(37)17-40-25-15-24(38-14-12-34-30(19-38)10-11-30)35-29(36-25)27(39)22-6-2-8-31(28(22)33)9-3-7-23-26(31)20(16-32)18-41-23/h15,18,21,34H,2-14,17,19,33H2,1H3/t21-,31-/m0/s1. The number of piperazine rings is 1. The summed E-state index contributed by atoms with van der Waals surface area (Å²) in [5.41, 5.74) is 9.70. The van der Waals surface area contributed by atoms with Crippen LogP contribution in [0.4, 0.5) is 5.82 Å². The number of thiophene rings is 1. The molecule has 7 rings (SSSR count). The molecular formula is C31H39N7O2S. The highest BCUT2D eigenvalue weighted by Gasteiger charge is 2.47. The van der Waals surface area contributed by atoms with Gasteiger partial charge in [-0.2, -0.15) is 10.2 Å². The zero-order chi connectivity index (χ0) is 28.2. The smallest absolute Gasteiger partial charge is 0.228 e. The molecule has 2 saturated heterocycles. The number of carbonyl (C=O) groups excluding carboxylic acids is 1. The summed E-state index contributed by atoms with van der Waals surface area (Å²) in [5.74, 6) is 1.16. The third kappa shape index (κ3) is 4.72. The molecule has 0 aromatic carbocycles. The van der Waals surface area contributed by atoms with Gasteiger partial charge in [0.05, 0.1) is 5.56 Å². The summed E-state index contributed by atoms with van der Waals surface area (Å²) < 4.78 is 6.27. The molecular weight excluding hydrogens is 534 g/mol. The van der Waals surface area contributed by atoms with E-state index < -0.39 is 5.41 Å². The van der Waals surface area contributed by atoms with Crippen LogP contribution in [-0.2, 0) is 11.8 Å². The monoisotopic (exact) mass is 573 g/mol. The number of allylic oxidation sites excluding steroid dienone is 2. The van der Waals surface area contributed by atoms with E-state index in [1.807, 2.05) is 11.4 Å². The third-order valence-electron chi connectivity index (χ3n) is 10.2. The molecule has 2 aliphatic heterocycles. The lowest BCUT2D eigenvalue weighted by molar-refractivity contribution is 0.101. The van der Waals surface area contributed by atoms with Crippen molar-refractivity contribution in [2.24, 2.45) is 5.73 Å². The summed E-state index contributed by atoms with van der Waals surface area (Å²) in [6, 6.07) is 4.65. The molecule has 9 nitrogen and oxygen atoms in total. The first kappa shape index (κ1) is 26.9. The van der Waals surface area contributed by atoms with E-state index in [4.69, 9.17) is 20.4 Å². The number of hydrogen-bond donors (Lipinski definition) is 2. The minimum Gasteiger partial charge on any atom is -0.476 e. The van der Waals surface area contributed by atoms with Crippen LogP contribution >= 0.6 is 11.3 Å². The van der Waals surface area contributed by atoms with Crippen LogP contribution in [0, 0.1) is 11.3 Å². The Labute approximate surface area is 245 Å². The highest BCUT2D eigenvalue weighted by Crippen LogP contribution is 2.51. The van der Waals surface area contributed by atoms with Gasteiger partial charge in [0.15, 0.2) is 0 Å². The third-order valence-corrected chi connectivity index (χ3v) is 11.2. The lowest BCUT2D eigenvalue weighted by atomic mass is 9.62. The fourth-order valence-electron chi connectivity index (χ4n) is 7.64. The van der Waals surface area contributed by atoms with E-state index in [2.05, 4.69) is 28.2 Å². The second-order valence-electron chi connectivity index (χ2n) is 12.7. The Kier molecular flexibility index (Phi) is 6.80. The van der Waals surface area contributed by atoms with Gasteiger partial charge in [-0.1, -0.05) is 0 Å². The zero-order valence-electron chi connectivity index (χ0n) is 23.9. The first-order valence-electron chi connectivity index (χ1n) is 15.2. The number of nitriles is 1. The molecule has 4 heterocycles. The summed E-state index contributed by atoms with van der Waals surface area (Å²) >= 11 is 1.65. The highest BCUT2D eigenvalue weighted by molar-refractivity contribution is 7.10. The van der Waals surface area contributed by atoms with E-state index in [-0.39, 0.29) is 17.1 Å². The Morgan fingerprint density at radius 1 is 1.22 bits per heavy atom. The summed E-state index contributed by atoms with van der Waals surface area (Å²) in [4.78, 5) is 29.7. The van der Waals surface area contributed by atoms with Crippen LogP contribution in [0.2, 0.25) is 0 Å². The zero-order valence-corrected chi connectivity index (χ0v) is 24.7. The van der Waals surface area contributed by atoms with Crippen molar-refractivity contribution in [3.05, 3.63) is 44.5 Å². The molecule has 0 amide bonds. The second kappa shape index (κ2) is 10.4. The van der Waals surface area contributed by atoms with Crippen LogP contribution < -0.4 is 20.7 Å². The maximum absolute atomic E-state index is 14.3. The molecule has 3 fully saturated rings. The van der Waals surface area contributed by atoms with Crippen molar-refractivity contribution in [2.45, 2.75) is 81.2 Å². The second-order valence-corrected chi connectivity index (χ2v) is 13.6. The van der Waals surface area contributed by atoms with Crippen LogP contribution in [0.25, 0.3) is 0 Å². The van der Waals surface area contributed by atoms with Crippen molar-refractivity contribution >= 4 is 22.9 Å². The minimum absolute atomic E-state index is 0.164. The number of hydrogen-bond acceptors (Lipinski definition) is 10. The first-order valence-corrected chi connectivity index (χ1v) is 16.1. The van der Waals surface area contributed by atoms with Crippen molar-refractivity contribution in [1.29, 1.82) is 5.26 Å². The first-order chi connectivity index (χ1) is 19.9. The molecule has 2 aromatic heterocycles. The van der Waals surface area contributed by atoms with Crippen LogP contribution in [0.3, 0.4) is 0 Å². The van der Waals surface area contributed by atoms with Gasteiger partial charge in [-0.3, -0.25) is 4.79 Å². The maximum Gasteiger partial charge on any atom is 0.228 e. The molecule has 3 aliphatic carbocycles. The number of rotatable bonds is 6. The quantitative estimate of drug-likeness (QED) is 0.499. The maximum atomic E-state index is 14.3. The topological polar surface area (TPSA) is 120 Å². The van der Waals surface area contributed by atoms with Gasteiger partial charge in [0.25, 0.3) is 0 Å². The molecule has 0 radical (unpaired) electrons. The van der Waals surface area contributed by atoms with Gasteiger partial charge in [-0.15, -0.1) is 11.3 Å². The average Bonchev–Trinajstić information content (AvgIpc) is 3.37. The van der Waals surface area contributed by atoms with E-state index in [9.17, 15) is 10.1 Å². The Hall–Kier alpha value is -3.00.